The largest absolute Gasteiger partial charge is 0.391 e. The molecule has 1 N–H and O–H groups in total. The summed E-state index contributed by atoms with van der Waals surface area (Å²) in [5, 5.41) is 21.1. The summed E-state index contributed by atoms with van der Waals surface area (Å²) in [5.74, 6) is 0.714. The maximum absolute atomic E-state index is 9.80. The Hall–Kier alpha value is -1.17. The maximum atomic E-state index is 9.80. The zero-order valence-corrected chi connectivity index (χ0v) is 8.67. The standard InChI is InChI=1S/C8H15N5O/c1-8(2)6(14)4-5-13(8)7-9-10-11-12(7)3/h6,14H,4-5H2,1-3H3. The van der Waals surface area contributed by atoms with Gasteiger partial charge < -0.3 is 10.0 Å². The van der Waals surface area contributed by atoms with Gasteiger partial charge in [-0.15, -0.1) is 0 Å². The molecule has 1 aromatic heterocycles. The van der Waals surface area contributed by atoms with Crippen molar-refractivity contribution in [1.82, 2.24) is 20.2 Å². The van der Waals surface area contributed by atoms with E-state index in [0.29, 0.717) is 5.95 Å². The number of hydrogen-bond acceptors (Lipinski definition) is 5. The molecule has 6 nitrogen and oxygen atoms in total. The number of aliphatic hydroxyl groups excluding tert-OH is 1. The number of anilines is 1. The number of nitrogens with zero attached hydrogens (tertiary/aromatic N) is 5. The molecule has 1 fully saturated rings. The van der Waals surface area contributed by atoms with Crippen molar-refractivity contribution in [3.63, 3.8) is 0 Å². The first-order chi connectivity index (χ1) is 6.53. The number of hydrogen-bond donors (Lipinski definition) is 1. The van der Waals surface area contributed by atoms with Gasteiger partial charge in [0, 0.05) is 13.6 Å². The lowest BCUT2D eigenvalue weighted by molar-refractivity contribution is 0.127. The summed E-state index contributed by atoms with van der Waals surface area (Å²) >= 11 is 0. The fourth-order valence-electron chi connectivity index (χ4n) is 1.88. The average molecular weight is 197 g/mol. The van der Waals surface area contributed by atoms with Crippen LogP contribution in [-0.2, 0) is 7.05 Å². The predicted octanol–water partition coefficient (Wildman–Crippen LogP) is -0.440. The highest BCUT2D eigenvalue weighted by atomic mass is 16.3. The summed E-state index contributed by atoms with van der Waals surface area (Å²) in [4.78, 5) is 2.04. The van der Waals surface area contributed by atoms with Gasteiger partial charge in [-0.1, -0.05) is 5.10 Å². The molecular formula is C8H15N5O. The van der Waals surface area contributed by atoms with Crippen LogP contribution < -0.4 is 4.90 Å². The number of rotatable bonds is 1. The van der Waals surface area contributed by atoms with Crippen LogP contribution in [0.5, 0.6) is 0 Å². The van der Waals surface area contributed by atoms with Gasteiger partial charge in [0.15, 0.2) is 0 Å². The Morgan fingerprint density at radius 1 is 1.50 bits per heavy atom. The van der Waals surface area contributed by atoms with E-state index in [1.807, 2.05) is 18.7 Å². The average Bonchev–Trinajstić information content (AvgIpc) is 2.60. The number of aliphatic hydroxyl groups is 1. The summed E-state index contributed by atoms with van der Waals surface area (Å²) in [6.07, 6.45) is 0.444. The highest BCUT2D eigenvalue weighted by Gasteiger charge is 2.42. The third-order valence-corrected chi connectivity index (χ3v) is 2.98. The highest BCUT2D eigenvalue weighted by Crippen LogP contribution is 2.31. The van der Waals surface area contributed by atoms with Crippen molar-refractivity contribution >= 4 is 5.95 Å². The van der Waals surface area contributed by atoms with Crippen LogP contribution in [0.25, 0.3) is 0 Å². The number of tetrazole rings is 1. The van der Waals surface area contributed by atoms with Gasteiger partial charge in [-0.2, -0.15) is 0 Å². The van der Waals surface area contributed by atoms with E-state index in [2.05, 4.69) is 15.5 Å². The lowest BCUT2D eigenvalue weighted by atomic mass is 9.99. The van der Waals surface area contributed by atoms with E-state index >= 15 is 0 Å². The highest BCUT2D eigenvalue weighted by molar-refractivity contribution is 5.36. The lowest BCUT2D eigenvalue weighted by Gasteiger charge is -2.33. The molecule has 1 atom stereocenters. The Labute approximate surface area is 82.5 Å². The lowest BCUT2D eigenvalue weighted by Crippen LogP contribution is -2.46. The molecule has 1 aliphatic heterocycles. The van der Waals surface area contributed by atoms with Crippen LogP contribution >= 0.6 is 0 Å². The van der Waals surface area contributed by atoms with E-state index in [-0.39, 0.29) is 11.6 Å². The van der Waals surface area contributed by atoms with E-state index < -0.39 is 0 Å². The molecule has 0 aromatic carbocycles. The van der Waals surface area contributed by atoms with Gasteiger partial charge in [0.05, 0.1) is 11.6 Å². The Balaban J connectivity index is 2.33. The minimum Gasteiger partial charge on any atom is -0.391 e. The zero-order chi connectivity index (χ0) is 10.3. The minimum absolute atomic E-state index is 0.289. The molecule has 0 spiro atoms. The van der Waals surface area contributed by atoms with Gasteiger partial charge in [0.2, 0.25) is 5.95 Å². The van der Waals surface area contributed by atoms with Crippen molar-refractivity contribution in [3.8, 4) is 0 Å². The van der Waals surface area contributed by atoms with Gasteiger partial charge in [-0.3, -0.25) is 0 Å². The van der Waals surface area contributed by atoms with Crippen molar-refractivity contribution in [2.24, 2.45) is 7.05 Å². The summed E-state index contributed by atoms with van der Waals surface area (Å²) in [6, 6.07) is 0. The molecule has 2 heterocycles. The quantitative estimate of drug-likeness (QED) is 0.661. The second kappa shape index (κ2) is 2.91. The molecule has 2 rings (SSSR count). The maximum Gasteiger partial charge on any atom is 0.245 e. The van der Waals surface area contributed by atoms with Crippen LogP contribution in [0.15, 0.2) is 0 Å². The third kappa shape index (κ3) is 1.18. The van der Waals surface area contributed by atoms with E-state index in [1.165, 1.54) is 0 Å². The van der Waals surface area contributed by atoms with Gasteiger partial charge in [0.25, 0.3) is 0 Å². The Morgan fingerprint density at radius 2 is 2.21 bits per heavy atom. The fraction of sp³-hybridized carbons (Fsp3) is 0.875. The predicted molar refractivity (Wildman–Crippen MR) is 50.8 cm³/mol. The van der Waals surface area contributed by atoms with Crippen molar-refractivity contribution in [2.45, 2.75) is 31.9 Å². The van der Waals surface area contributed by atoms with Crippen LogP contribution in [0.1, 0.15) is 20.3 Å². The SMILES string of the molecule is Cn1nnnc1N1CCC(O)C1(C)C. The Kier molecular flexibility index (Phi) is 1.95. The second-order valence-corrected chi connectivity index (χ2v) is 4.21. The van der Waals surface area contributed by atoms with E-state index in [0.717, 1.165) is 13.0 Å². The molecule has 14 heavy (non-hydrogen) atoms. The zero-order valence-electron chi connectivity index (χ0n) is 8.67. The topological polar surface area (TPSA) is 67.1 Å². The Morgan fingerprint density at radius 3 is 2.64 bits per heavy atom. The number of aryl methyl sites for hydroxylation is 1. The molecular weight excluding hydrogens is 182 g/mol. The van der Waals surface area contributed by atoms with Gasteiger partial charge >= 0.3 is 0 Å². The smallest absolute Gasteiger partial charge is 0.245 e. The molecule has 1 aliphatic rings. The first kappa shape index (κ1) is 9.39. The first-order valence-electron chi connectivity index (χ1n) is 4.71. The summed E-state index contributed by atoms with van der Waals surface area (Å²) < 4.78 is 1.62. The van der Waals surface area contributed by atoms with Crippen LogP contribution in [-0.4, -0.2) is 43.5 Å². The first-order valence-corrected chi connectivity index (χ1v) is 4.71. The van der Waals surface area contributed by atoms with Gasteiger partial charge in [-0.05, 0) is 30.7 Å². The summed E-state index contributed by atoms with van der Waals surface area (Å²) in [6.45, 7) is 4.79. The molecule has 1 unspecified atom stereocenters. The van der Waals surface area contributed by atoms with Crippen molar-refractivity contribution in [1.29, 1.82) is 0 Å². The third-order valence-electron chi connectivity index (χ3n) is 2.98. The van der Waals surface area contributed by atoms with Crippen LogP contribution in [0, 0.1) is 0 Å². The molecule has 0 saturated carbocycles. The van der Waals surface area contributed by atoms with E-state index in [9.17, 15) is 5.11 Å². The van der Waals surface area contributed by atoms with Crippen LogP contribution in [0.3, 0.4) is 0 Å². The second-order valence-electron chi connectivity index (χ2n) is 4.21. The van der Waals surface area contributed by atoms with E-state index in [1.54, 1.807) is 11.7 Å². The molecule has 78 valence electrons. The van der Waals surface area contributed by atoms with Crippen LogP contribution in [0.2, 0.25) is 0 Å². The monoisotopic (exact) mass is 197 g/mol. The molecule has 1 aromatic rings. The van der Waals surface area contributed by atoms with Gasteiger partial charge in [0.1, 0.15) is 0 Å². The molecule has 0 radical (unpaired) electrons. The number of aromatic nitrogens is 4. The molecule has 0 aliphatic carbocycles. The molecule has 0 bridgehead atoms. The molecule has 6 heteroatoms. The van der Waals surface area contributed by atoms with Crippen LogP contribution in [0.4, 0.5) is 5.95 Å². The fourth-order valence-corrected chi connectivity index (χ4v) is 1.88. The molecule has 1 saturated heterocycles. The normalized spacial score (nSPS) is 25.7. The van der Waals surface area contributed by atoms with E-state index in [4.69, 9.17) is 0 Å². The van der Waals surface area contributed by atoms with Crippen molar-refractivity contribution in [2.75, 3.05) is 11.4 Å². The summed E-state index contributed by atoms with van der Waals surface area (Å²) in [7, 11) is 1.80. The Bertz CT molecular complexity index is 334. The molecule has 0 amide bonds. The summed E-state index contributed by atoms with van der Waals surface area (Å²) in [5.41, 5.74) is -0.289. The van der Waals surface area contributed by atoms with Crippen molar-refractivity contribution in [3.05, 3.63) is 0 Å². The van der Waals surface area contributed by atoms with Gasteiger partial charge in [-0.25, -0.2) is 4.68 Å². The minimum atomic E-state index is -0.320. The van der Waals surface area contributed by atoms with Crippen molar-refractivity contribution < 1.29 is 5.11 Å².